The van der Waals surface area contributed by atoms with Crippen LogP contribution in [0.1, 0.15) is 26.6 Å². The average Bonchev–Trinajstić information content (AvgIpc) is 2.89. The van der Waals surface area contributed by atoms with E-state index in [1.807, 2.05) is 39.0 Å². The number of nitrogens with zero attached hydrogens (tertiary/aromatic N) is 3. The molecule has 20 heavy (non-hydrogen) atoms. The summed E-state index contributed by atoms with van der Waals surface area (Å²) in [6.07, 6.45) is 1.65. The van der Waals surface area contributed by atoms with E-state index in [1.54, 1.807) is 10.7 Å². The summed E-state index contributed by atoms with van der Waals surface area (Å²) < 4.78 is 1.64. The van der Waals surface area contributed by atoms with Gasteiger partial charge >= 0.3 is 0 Å². The van der Waals surface area contributed by atoms with Crippen molar-refractivity contribution in [3.05, 3.63) is 46.2 Å². The minimum Gasteiger partial charge on any atom is -0.320 e. The first kappa shape index (κ1) is 12.8. The maximum atomic E-state index is 12.2. The van der Waals surface area contributed by atoms with Crippen LogP contribution in [-0.2, 0) is 0 Å². The van der Waals surface area contributed by atoms with Gasteiger partial charge in [-0.05, 0) is 32.4 Å². The van der Waals surface area contributed by atoms with Crippen LogP contribution in [0.5, 0.6) is 0 Å². The molecular formula is C14H14N4OS. The van der Waals surface area contributed by atoms with Crippen LogP contribution >= 0.6 is 11.3 Å². The normalized spacial score (nSPS) is 10.9. The Labute approximate surface area is 120 Å². The Hall–Kier alpha value is -2.21. The van der Waals surface area contributed by atoms with E-state index in [1.165, 1.54) is 16.9 Å². The van der Waals surface area contributed by atoms with Crippen molar-refractivity contribution in [2.45, 2.75) is 20.8 Å². The highest BCUT2D eigenvalue weighted by atomic mass is 32.1. The molecule has 1 amide bonds. The number of aryl methyl sites for hydroxylation is 3. The SMILES string of the molecule is Cc1ccc(NC(=O)c2cn3nc(C)sc3n2)c(C)c1. The predicted octanol–water partition coefficient (Wildman–Crippen LogP) is 2.97. The van der Waals surface area contributed by atoms with Gasteiger partial charge in [-0.2, -0.15) is 5.10 Å². The molecule has 0 fully saturated rings. The van der Waals surface area contributed by atoms with Crippen LogP contribution in [0, 0.1) is 20.8 Å². The molecule has 1 aromatic carbocycles. The van der Waals surface area contributed by atoms with Crippen molar-refractivity contribution in [1.82, 2.24) is 14.6 Å². The molecule has 6 heteroatoms. The third-order valence-corrected chi connectivity index (χ3v) is 3.84. The predicted molar refractivity (Wildman–Crippen MR) is 79.5 cm³/mol. The van der Waals surface area contributed by atoms with E-state index in [4.69, 9.17) is 0 Å². The van der Waals surface area contributed by atoms with Gasteiger partial charge in [-0.15, -0.1) is 0 Å². The van der Waals surface area contributed by atoms with Gasteiger partial charge in [-0.1, -0.05) is 29.0 Å². The van der Waals surface area contributed by atoms with Crippen molar-refractivity contribution < 1.29 is 4.79 Å². The summed E-state index contributed by atoms with van der Waals surface area (Å²) in [6, 6.07) is 5.91. The quantitative estimate of drug-likeness (QED) is 0.788. The van der Waals surface area contributed by atoms with Crippen LogP contribution in [0.2, 0.25) is 0 Å². The molecule has 0 unspecified atom stereocenters. The lowest BCUT2D eigenvalue weighted by molar-refractivity contribution is 0.102. The Balaban J connectivity index is 1.86. The van der Waals surface area contributed by atoms with Crippen molar-refractivity contribution in [2.75, 3.05) is 5.32 Å². The summed E-state index contributed by atoms with van der Waals surface area (Å²) in [6.45, 7) is 5.91. The lowest BCUT2D eigenvalue weighted by Gasteiger charge is -2.07. The van der Waals surface area contributed by atoms with Gasteiger partial charge in [0.2, 0.25) is 4.96 Å². The van der Waals surface area contributed by atoms with Gasteiger partial charge in [0.05, 0.1) is 6.20 Å². The summed E-state index contributed by atoms with van der Waals surface area (Å²) in [4.78, 5) is 17.2. The van der Waals surface area contributed by atoms with E-state index in [0.717, 1.165) is 21.2 Å². The first-order valence-corrected chi connectivity index (χ1v) is 7.06. The lowest BCUT2D eigenvalue weighted by Crippen LogP contribution is -2.13. The second kappa shape index (κ2) is 4.72. The molecule has 102 valence electrons. The number of hydrogen-bond acceptors (Lipinski definition) is 4. The van der Waals surface area contributed by atoms with E-state index in [2.05, 4.69) is 15.4 Å². The number of carbonyl (C=O) groups is 1. The molecule has 1 N–H and O–H groups in total. The van der Waals surface area contributed by atoms with Gasteiger partial charge in [0.25, 0.3) is 5.91 Å². The van der Waals surface area contributed by atoms with E-state index in [0.29, 0.717) is 5.69 Å². The van der Waals surface area contributed by atoms with Gasteiger partial charge in [0.1, 0.15) is 10.7 Å². The number of anilines is 1. The van der Waals surface area contributed by atoms with Gasteiger partial charge in [-0.3, -0.25) is 4.79 Å². The van der Waals surface area contributed by atoms with Gasteiger partial charge in [0.15, 0.2) is 0 Å². The van der Waals surface area contributed by atoms with Crippen LogP contribution in [0.3, 0.4) is 0 Å². The standard InChI is InChI=1S/C14H14N4OS/c1-8-4-5-11(9(2)6-8)15-13(19)12-7-18-14(16-12)20-10(3)17-18/h4-7H,1-3H3,(H,15,19). The minimum absolute atomic E-state index is 0.215. The van der Waals surface area contributed by atoms with E-state index in [9.17, 15) is 4.79 Å². The van der Waals surface area contributed by atoms with Crippen molar-refractivity contribution in [3.8, 4) is 0 Å². The maximum Gasteiger partial charge on any atom is 0.275 e. The molecule has 2 heterocycles. The molecule has 0 atom stereocenters. The van der Waals surface area contributed by atoms with Crippen LogP contribution in [-0.4, -0.2) is 20.5 Å². The molecule has 3 aromatic rings. The summed E-state index contributed by atoms with van der Waals surface area (Å²) >= 11 is 1.46. The molecule has 0 radical (unpaired) electrons. The molecule has 0 aliphatic heterocycles. The number of carbonyl (C=O) groups excluding carboxylic acids is 1. The molecule has 2 aromatic heterocycles. The number of benzene rings is 1. The summed E-state index contributed by atoms with van der Waals surface area (Å²) in [7, 11) is 0. The number of nitrogens with one attached hydrogen (secondary N) is 1. The molecule has 0 spiro atoms. The zero-order valence-corrected chi connectivity index (χ0v) is 12.3. The topological polar surface area (TPSA) is 59.3 Å². The molecule has 0 bridgehead atoms. The third kappa shape index (κ3) is 2.30. The van der Waals surface area contributed by atoms with Crippen LogP contribution < -0.4 is 5.32 Å². The van der Waals surface area contributed by atoms with Crippen molar-refractivity contribution in [2.24, 2.45) is 0 Å². The van der Waals surface area contributed by atoms with Crippen LogP contribution in [0.15, 0.2) is 24.4 Å². The Bertz CT molecular complexity index is 771. The highest BCUT2D eigenvalue weighted by molar-refractivity contribution is 7.16. The van der Waals surface area contributed by atoms with Crippen molar-refractivity contribution in [3.63, 3.8) is 0 Å². The monoisotopic (exact) mass is 286 g/mol. The summed E-state index contributed by atoms with van der Waals surface area (Å²) in [5, 5.41) is 8.05. The van der Waals surface area contributed by atoms with Gasteiger partial charge < -0.3 is 5.32 Å². The second-order valence-electron chi connectivity index (χ2n) is 4.75. The fraction of sp³-hybridized carbons (Fsp3) is 0.214. The number of fused-ring (bicyclic) bond motifs is 1. The number of imidazole rings is 1. The van der Waals surface area contributed by atoms with Crippen LogP contribution in [0.25, 0.3) is 4.96 Å². The van der Waals surface area contributed by atoms with E-state index < -0.39 is 0 Å². The highest BCUT2D eigenvalue weighted by Gasteiger charge is 2.14. The fourth-order valence-corrected chi connectivity index (χ4v) is 2.77. The smallest absolute Gasteiger partial charge is 0.275 e. The third-order valence-electron chi connectivity index (χ3n) is 3.01. The highest BCUT2D eigenvalue weighted by Crippen LogP contribution is 2.18. The average molecular weight is 286 g/mol. The number of rotatable bonds is 2. The van der Waals surface area contributed by atoms with Crippen molar-refractivity contribution >= 4 is 27.9 Å². The van der Waals surface area contributed by atoms with Gasteiger partial charge in [0, 0.05) is 5.69 Å². The molecule has 0 aliphatic rings. The maximum absolute atomic E-state index is 12.2. The zero-order chi connectivity index (χ0) is 14.3. The Kier molecular flexibility index (Phi) is 3.02. The lowest BCUT2D eigenvalue weighted by atomic mass is 10.1. The Morgan fingerprint density at radius 1 is 1.30 bits per heavy atom. The summed E-state index contributed by atoms with van der Waals surface area (Å²) in [5.74, 6) is -0.215. The van der Waals surface area contributed by atoms with E-state index >= 15 is 0 Å². The number of aromatic nitrogens is 3. The number of hydrogen-bond donors (Lipinski definition) is 1. The first-order chi connectivity index (χ1) is 9.52. The largest absolute Gasteiger partial charge is 0.320 e. The van der Waals surface area contributed by atoms with Crippen molar-refractivity contribution in [1.29, 1.82) is 0 Å². The van der Waals surface area contributed by atoms with E-state index in [-0.39, 0.29) is 5.91 Å². The van der Waals surface area contributed by atoms with Crippen LogP contribution in [0.4, 0.5) is 5.69 Å². The summed E-state index contributed by atoms with van der Waals surface area (Å²) in [5.41, 5.74) is 3.39. The second-order valence-corrected chi connectivity index (χ2v) is 5.91. The fourth-order valence-electron chi connectivity index (χ4n) is 2.05. The first-order valence-electron chi connectivity index (χ1n) is 6.24. The molecule has 0 saturated heterocycles. The minimum atomic E-state index is -0.215. The Morgan fingerprint density at radius 2 is 2.10 bits per heavy atom. The molecular weight excluding hydrogens is 272 g/mol. The molecule has 0 aliphatic carbocycles. The molecule has 5 nitrogen and oxygen atoms in total. The zero-order valence-electron chi connectivity index (χ0n) is 11.5. The Morgan fingerprint density at radius 3 is 2.80 bits per heavy atom. The molecule has 0 saturated carbocycles. The van der Waals surface area contributed by atoms with Gasteiger partial charge in [-0.25, -0.2) is 9.50 Å². The number of amides is 1. The molecule has 3 rings (SSSR count).